The Morgan fingerprint density at radius 2 is 1.29 bits per heavy atom. The van der Waals surface area contributed by atoms with Crippen LogP contribution in [0.1, 0.15) is 0 Å². The maximum absolute atomic E-state index is 3.74. The maximum Gasteiger partial charge on any atom is 0.0357 e. The summed E-state index contributed by atoms with van der Waals surface area (Å²) in [5, 5.41) is 2.54. The summed E-state index contributed by atoms with van der Waals surface area (Å²) in [7, 11) is 0. The molecule has 4 rings (SSSR count). The molecule has 0 aliphatic rings. The highest BCUT2D eigenvalue weighted by atomic mass is 127. The predicted octanol–water partition coefficient (Wildman–Crippen LogP) is 7.54. The molecule has 0 unspecified atom stereocenters. The van der Waals surface area contributed by atoms with Crippen LogP contribution in [0.25, 0.3) is 33.0 Å². The molecule has 0 saturated carbocycles. The van der Waals surface area contributed by atoms with Gasteiger partial charge >= 0.3 is 0 Å². The highest BCUT2D eigenvalue weighted by molar-refractivity contribution is 14.1. The van der Waals surface area contributed by atoms with E-state index >= 15 is 0 Å². The smallest absolute Gasteiger partial charge is 0.0357 e. The van der Waals surface area contributed by atoms with Crippen LogP contribution in [0.4, 0.5) is 0 Å². The minimum atomic E-state index is 1.14. The average molecular weight is 485 g/mol. The second-order valence-corrected chi connectivity index (χ2v) is 7.61. The van der Waals surface area contributed by atoms with Crippen LogP contribution in [-0.4, -0.2) is 0 Å². The van der Waals surface area contributed by atoms with Gasteiger partial charge in [0.05, 0.1) is 0 Å². The third-order valence-electron chi connectivity index (χ3n) is 4.22. The first kappa shape index (κ1) is 15.9. The minimum Gasteiger partial charge on any atom is -0.0622 e. The summed E-state index contributed by atoms with van der Waals surface area (Å²) in [6, 6.07) is 30.0. The highest BCUT2D eigenvalue weighted by Gasteiger charge is 2.15. The third-order valence-corrected chi connectivity index (χ3v) is 6.71. The van der Waals surface area contributed by atoms with Crippen molar-refractivity contribution in [3.8, 4) is 22.3 Å². The van der Waals surface area contributed by atoms with E-state index in [1.165, 1.54) is 36.6 Å². The molecule has 0 N–H and O–H groups in total. The minimum absolute atomic E-state index is 1.14. The number of rotatable bonds is 2. The van der Waals surface area contributed by atoms with Gasteiger partial charge in [0.1, 0.15) is 0 Å². The van der Waals surface area contributed by atoms with Gasteiger partial charge in [-0.3, -0.25) is 0 Å². The van der Waals surface area contributed by atoms with Crippen molar-refractivity contribution in [2.24, 2.45) is 0 Å². The van der Waals surface area contributed by atoms with E-state index in [1.807, 2.05) is 0 Å². The summed E-state index contributed by atoms with van der Waals surface area (Å²) in [6.07, 6.45) is 0. The molecule has 0 aromatic heterocycles. The number of halogens is 2. The molecule has 0 atom stereocenters. The van der Waals surface area contributed by atoms with Crippen LogP contribution >= 0.6 is 38.5 Å². The van der Waals surface area contributed by atoms with E-state index in [2.05, 4.69) is 123 Å². The molecule has 0 aliphatic carbocycles. The van der Waals surface area contributed by atoms with Crippen molar-refractivity contribution in [2.45, 2.75) is 0 Å². The van der Waals surface area contributed by atoms with Gasteiger partial charge in [-0.25, -0.2) is 0 Å². The second-order valence-electron chi connectivity index (χ2n) is 5.68. The first-order chi connectivity index (χ1) is 11.8. The lowest BCUT2D eigenvalue weighted by molar-refractivity contribution is 1.56. The van der Waals surface area contributed by atoms with Gasteiger partial charge in [0.25, 0.3) is 0 Å². The molecule has 4 aromatic rings. The van der Waals surface area contributed by atoms with Crippen molar-refractivity contribution in [2.75, 3.05) is 0 Å². The Labute approximate surface area is 163 Å². The van der Waals surface area contributed by atoms with Gasteiger partial charge in [-0.15, -0.1) is 0 Å². The number of hydrogen-bond acceptors (Lipinski definition) is 0. The van der Waals surface area contributed by atoms with Crippen LogP contribution < -0.4 is 0 Å². The largest absolute Gasteiger partial charge is 0.0622 e. The topological polar surface area (TPSA) is 0 Å². The number of hydrogen-bond donors (Lipinski definition) is 0. The molecule has 0 spiro atoms. The Morgan fingerprint density at radius 3 is 2.08 bits per heavy atom. The average Bonchev–Trinajstić information content (AvgIpc) is 2.64. The van der Waals surface area contributed by atoms with Crippen molar-refractivity contribution in [3.05, 3.63) is 93.0 Å². The molecule has 0 amide bonds. The molecular formula is C22H14BrI. The zero-order chi connectivity index (χ0) is 16.5. The summed E-state index contributed by atoms with van der Waals surface area (Å²) < 4.78 is 2.38. The van der Waals surface area contributed by atoms with E-state index in [9.17, 15) is 0 Å². The van der Waals surface area contributed by atoms with Gasteiger partial charge in [0.15, 0.2) is 0 Å². The van der Waals surface area contributed by atoms with Crippen molar-refractivity contribution in [1.29, 1.82) is 0 Å². The lowest BCUT2D eigenvalue weighted by atomic mass is 9.91. The fraction of sp³-hybridized carbons (Fsp3) is 0. The van der Waals surface area contributed by atoms with Gasteiger partial charge in [-0.1, -0.05) is 78.9 Å². The maximum atomic E-state index is 3.74. The standard InChI is InChI=1S/C22H14BrI/c23-20-14-16-10-4-5-12-18(16)21(22(20)24)19-13-7-6-11-17(19)15-8-2-1-3-9-15/h1-14H. The monoisotopic (exact) mass is 484 g/mol. The molecule has 116 valence electrons. The van der Waals surface area contributed by atoms with Crippen LogP contribution in [0.15, 0.2) is 89.4 Å². The first-order valence-electron chi connectivity index (χ1n) is 7.77. The fourth-order valence-corrected chi connectivity index (χ4v) is 4.30. The summed E-state index contributed by atoms with van der Waals surface area (Å²) >= 11 is 6.18. The van der Waals surface area contributed by atoms with Crippen molar-refractivity contribution < 1.29 is 0 Å². The van der Waals surface area contributed by atoms with Crippen LogP contribution in [-0.2, 0) is 0 Å². The van der Waals surface area contributed by atoms with E-state index in [-0.39, 0.29) is 0 Å². The fourth-order valence-electron chi connectivity index (χ4n) is 3.12. The third kappa shape index (κ3) is 2.78. The number of benzene rings is 4. The zero-order valence-electron chi connectivity index (χ0n) is 12.8. The Bertz CT molecular complexity index is 1020. The van der Waals surface area contributed by atoms with E-state index in [1.54, 1.807) is 0 Å². The van der Waals surface area contributed by atoms with Gasteiger partial charge in [0.2, 0.25) is 0 Å². The Morgan fingerprint density at radius 1 is 0.667 bits per heavy atom. The van der Waals surface area contributed by atoms with Gasteiger partial charge in [-0.05, 0) is 72.0 Å². The molecule has 0 nitrogen and oxygen atoms in total. The Hall–Kier alpha value is -1.65. The molecule has 24 heavy (non-hydrogen) atoms. The lowest BCUT2D eigenvalue weighted by Crippen LogP contribution is -1.91. The Balaban J connectivity index is 2.09. The SMILES string of the molecule is Brc1cc2ccccc2c(-c2ccccc2-c2ccccc2)c1I. The van der Waals surface area contributed by atoms with E-state index in [0.717, 1.165) is 4.47 Å². The summed E-state index contributed by atoms with van der Waals surface area (Å²) in [5.41, 5.74) is 5.07. The molecule has 0 heterocycles. The first-order valence-corrected chi connectivity index (χ1v) is 9.64. The normalized spacial score (nSPS) is 10.9. The van der Waals surface area contributed by atoms with Gasteiger partial charge in [0, 0.05) is 13.6 Å². The molecule has 0 bridgehead atoms. The van der Waals surface area contributed by atoms with E-state index in [0.29, 0.717) is 0 Å². The lowest BCUT2D eigenvalue weighted by Gasteiger charge is -2.16. The second kappa shape index (κ2) is 6.69. The van der Waals surface area contributed by atoms with Crippen molar-refractivity contribution in [1.82, 2.24) is 0 Å². The van der Waals surface area contributed by atoms with Crippen molar-refractivity contribution >= 4 is 49.3 Å². The summed E-state index contributed by atoms with van der Waals surface area (Å²) in [6.45, 7) is 0. The molecule has 0 saturated heterocycles. The quantitative estimate of drug-likeness (QED) is 0.258. The van der Waals surface area contributed by atoms with Crippen LogP contribution in [0, 0.1) is 3.57 Å². The van der Waals surface area contributed by atoms with Crippen molar-refractivity contribution in [3.63, 3.8) is 0 Å². The molecule has 0 fully saturated rings. The van der Waals surface area contributed by atoms with Crippen LogP contribution in [0.2, 0.25) is 0 Å². The van der Waals surface area contributed by atoms with Gasteiger partial charge < -0.3 is 0 Å². The molecule has 0 aliphatic heterocycles. The zero-order valence-corrected chi connectivity index (χ0v) is 16.6. The summed E-state index contributed by atoms with van der Waals surface area (Å²) in [4.78, 5) is 0. The van der Waals surface area contributed by atoms with E-state index < -0.39 is 0 Å². The van der Waals surface area contributed by atoms with Crippen LogP contribution in [0.3, 0.4) is 0 Å². The van der Waals surface area contributed by atoms with Crippen LogP contribution in [0.5, 0.6) is 0 Å². The molecular weight excluding hydrogens is 471 g/mol. The molecule has 2 heteroatoms. The predicted molar refractivity (Wildman–Crippen MR) is 115 cm³/mol. The Kier molecular flexibility index (Phi) is 4.42. The van der Waals surface area contributed by atoms with E-state index in [4.69, 9.17) is 0 Å². The number of fused-ring (bicyclic) bond motifs is 1. The summed E-state index contributed by atoms with van der Waals surface area (Å²) in [5.74, 6) is 0. The molecule has 4 aromatic carbocycles. The molecule has 0 radical (unpaired) electrons. The highest BCUT2D eigenvalue weighted by Crippen LogP contribution is 2.41. The van der Waals surface area contributed by atoms with Gasteiger partial charge in [-0.2, -0.15) is 0 Å².